The number of rotatable bonds is 2. The molecule has 0 aliphatic carbocycles. The van der Waals surface area contributed by atoms with Crippen LogP contribution in [0.5, 0.6) is 0 Å². The van der Waals surface area contributed by atoms with Gasteiger partial charge in [-0.1, -0.05) is 29.8 Å². The van der Waals surface area contributed by atoms with Crippen molar-refractivity contribution in [2.24, 2.45) is 0 Å². The zero-order chi connectivity index (χ0) is 14.3. The lowest BCUT2D eigenvalue weighted by atomic mass is 9.86. The minimum atomic E-state index is -0.738. The van der Waals surface area contributed by atoms with Crippen LogP contribution in [0.4, 0.5) is 11.4 Å². The van der Waals surface area contributed by atoms with Crippen LogP contribution in [0.2, 0.25) is 5.02 Å². The molecule has 4 heteroatoms. The number of hydrogen-bond acceptors (Lipinski definition) is 1. The quantitative estimate of drug-likeness (QED) is 0.747. The van der Waals surface area contributed by atoms with Gasteiger partial charge in [0.1, 0.15) is 0 Å². The Labute approximate surface area is 127 Å². The third-order valence-electron chi connectivity index (χ3n) is 3.75. The zero-order valence-corrected chi connectivity index (χ0v) is 12.4. The number of para-hydroxylation sites is 1. The lowest BCUT2D eigenvalue weighted by molar-refractivity contribution is -0.121. The van der Waals surface area contributed by atoms with Crippen molar-refractivity contribution in [1.29, 1.82) is 0 Å². The number of fused-ring (bicyclic) bond motifs is 1. The molecule has 1 amide bonds. The summed E-state index contributed by atoms with van der Waals surface area (Å²) in [5, 5.41) is 0.614. The molecule has 1 atom stereocenters. The summed E-state index contributed by atoms with van der Waals surface area (Å²) in [6.45, 7) is 1.86. The van der Waals surface area contributed by atoms with Gasteiger partial charge in [-0.15, -0.1) is 11.6 Å². The molecule has 3 rings (SSSR count). The van der Waals surface area contributed by atoms with Crippen LogP contribution in [0.25, 0.3) is 0 Å². The Hall–Kier alpha value is -1.51. The molecule has 102 valence electrons. The number of anilines is 2. The lowest BCUT2D eigenvalue weighted by Crippen LogP contribution is -2.37. The van der Waals surface area contributed by atoms with Crippen molar-refractivity contribution < 1.29 is 4.79 Å². The predicted molar refractivity (Wildman–Crippen MR) is 83.1 cm³/mol. The summed E-state index contributed by atoms with van der Waals surface area (Å²) >= 11 is 12.2. The van der Waals surface area contributed by atoms with E-state index in [1.54, 1.807) is 11.0 Å². The zero-order valence-electron chi connectivity index (χ0n) is 10.9. The van der Waals surface area contributed by atoms with E-state index in [0.717, 1.165) is 16.9 Å². The van der Waals surface area contributed by atoms with Crippen LogP contribution < -0.4 is 4.90 Å². The van der Waals surface area contributed by atoms with Crippen LogP contribution in [0.15, 0.2) is 48.5 Å². The van der Waals surface area contributed by atoms with Crippen LogP contribution in [-0.4, -0.2) is 11.8 Å². The third kappa shape index (κ3) is 1.83. The maximum atomic E-state index is 12.8. The second-order valence-corrected chi connectivity index (χ2v) is 5.81. The summed E-state index contributed by atoms with van der Waals surface area (Å²) in [6, 6.07) is 15.1. The molecule has 2 nitrogen and oxygen atoms in total. The van der Waals surface area contributed by atoms with Gasteiger partial charge in [-0.05, 0) is 42.8 Å². The molecule has 0 spiro atoms. The first-order valence-electron chi connectivity index (χ1n) is 6.33. The van der Waals surface area contributed by atoms with Crippen LogP contribution in [-0.2, 0) is 10.2 Å². The van der Waals surface area contributed by atoms with E-state index in [4.69, 9.17) is 23.2 Å². The number of amides is 1. The highest BCUT2D eigenvalue weighted by Crippen LogP contribution is 2.46. The van der Waals surface area contributed by atoms with Gasteiger partial charge < -0.3 is 0 Å². The summed E-state index contributed by atoms with van der Waals surface area (Å²) in [6.07, 6.45) is 0. The van der Waals surface area contributed by atoms with Crippen molar-refractivity contribution in [1.82, 2.24) is 0 Å². The topological polar surface area (TPSA) is 20.3 Å². The average molecular weight is 306 g/mol. The third-order valence-corrected chi connectivity index (χ3v) is 4.52. The molecule has 2 aromatic carbocycles. The van der Waals surface area contributed by atoms with Gasteiger partial charge >= 0.3 is 0 Å². The molecule has 0 saturated heterocycles. The summed E-state index contributed by atoms with van der Waals surface area (Å²) < 4.78 is 0. The van der Waals surface area contributed by atoms with Crippen molar-refractivity contribution in [3.05, 3.63) is 59.1 Å². The van der Waals surface area contributed by atoms with Crippen LogP contribution in [0.1, 0.15) is 12.5 Å². The molecule has 0 saturated carbocycles. The Balaban J connectivity index is 2.23. The largest absolute Gasteiger partial charge is 0.280 e. The minimum absolute atomic E-state index is 0.0176. The molecule has 0 N–H and O–H groups in total. The lowest BCUT2D eigenvalue weighted by Gasteiger charge is -2.22. The highest BCUT2D eigenvalue weighted by atomic mass is 35.5. The Morgan fingerprint density at radius 2 is 1.85 bits per heavy atom. The molecule has 0 radical (unpaired) electrons. The molecule has 1 heterocycles. The molecule has 0 bridgehead atoms. The van der Waals surface area contributed by atoms with Crippen molar-refractivity contribution in [2.45, 2.75) is 12.3 Å². The molecule has 1 unspecified atom stereocenters. The predicted octanol–water partition coefficient (Wildman–Crippen LogP) is 4.51. The number of nitrogens with zero attached hydrogens (tertiary/aromatic N) is 1. The molecule has 1 aliphatic rings. The number of alkyl halides is 1. The molecule has 2 aromatic rings. The first-order valence-corrected chi connectivity index (χ1v) is 7.25. The highest BCUT2D eigenvalue weighted by molar-refractivity contribution is 6.31. The van der Waals surface area contributed by atoms with Crippen LogP contribution in [0.3, 0.4) is 0 Å². The Morgan fingerprint density at radius 3 is 2.50 bits per heavy atom. The van der Waals surface area contributed by atoms with E-state index in [9.17, 15) is 4.79 Å². The molecular weight excluding hydrogens is 293 g/mol. The van der Waals surface area contributed by atoms with Gasteiger partial charge in [0.15, 0.2) is 0 Å². The monoisotopic (exact) mass is 305 g/mol. The number of hydrogen-bond donors (Lipinski definition) is 0. The van der Waals surface area contributed by atoms with Gasteiger partial charge in [0.25, 0.3) is 0 Å². The van der Waals surface area contributed by atoms with E-state index in [2.05, 4.69) is 0 Å². The standard InChI is InChI=1S/C16H13Cl2NO/c1-16(10-17)13-9-11(18)7-8-14(13)19(15(16)20)12-5-3-2-4-6-12/h2-9H,10H2,1H3. The molecule has 20 heavy (non-hydrogen) atoms. The summed E-state index contributed by atoms with van der Waals surface area (Å²) in [5.41, 5.74) is 1.84. The van der Waals surface area contributed by atoms with Crippen molar-refractivity contribution in [2.75, 3.05) is 10.8 Å². The Kier molecular flexibility index (Phi) is 3.23. The first kappa shape index (κ1) is 13.5. The van der Waals surface area contributed by atoms with Gasteiger partial charge in [0, 0.05) is 16.6 Å². The fourth-order valence-electron chi connectivity index (χ4n) is 2.58. The van der Waals surface area contributed by atoms with Crippen LogP contribution in [0, 0.1) is 0 Å². The number of benzene rings is 2. The van der Waals surface area contributed by atoms with E-state index in [1.807, 2.05) is 49.4 Å². The number of carbonyl (C=O) groups excluding carboxylic acids is 1. The summed E-state index contributed by atoms with van der Waals surface area (Å²) in [7, 11) is 0. The van der Waals surface area contributed by atoms with E-state index in [0.29, 0.717) is 5.02 Å². The number of carbonyl (C=O) groups is 1. The maximum absolute atomic E-state index is 12.8. The van der Waals surface area contributed by atoms with E-state index < -0.39 is 5.41 Å². The van der Waals surface area contributed by atoms with Gasteiger partial charge in [-0.2, -0.15) is 0 Å². The molecule has 1 aliphatic heterocycles. The van der Waals surface area contributed by atoms with E-state index in [-0.39, 0.29) is 11.8 Å². The summed E-state index contributed by atoms with van der Waals surface area (Å²) in [4.78, 5) is 14.5. The Morgan fingerprint density at radius 1 is 1.15 bits per heavy atom. The SMILES string of the molecule is CC1(CCl)C(=O)N(c2ccccc2)c2ccc(Cl)cc21. The van der Waals surface area contributed by atoms with Gasteiger partial charge in [-0.25, -0.2) is 0 Å². The minimum Gasteiger partial charge on any atom is -0.280 e. The summed E-state index contributed by atoms with van der Waals surface area (Å²) in [5.74, 6) is 0.207. The normalized spacial score (nSPS) is 21.1. The van der Waals surface area contributed by atoms with Gasteiger partial charge in [-0.3, -0.25) is 9.69 Å². The van der Waals surface area contributed by atoms with E-state index in [1.165, 1.54) is 0 Å². The van der Waals surface area contributed by atoms with Gasteiger partial charge in [0.2, 0.25) is 5.91 Å². The van der Waals surface area contributed by atoms with Gasteiger partial charge in [0.05, 0.1) is 11.1 Å². The Bertz CT molecular complexity index is 671. The fraction of sp³-hybridized carbons (Fsp3) is 0.188. The number of halogens is 2. The molecule has 0 aromatic heterocycles. The smallest absolute Gasteiger partial charge is 0.243 e. The average Bonchev–Trinajstić information content (AvgIpc) is 2.69. The van der Waals surface area contributed by atoms with Crippen LogP contribution >= 0.6 is 23.2 Å². The molecular formula is C16H13Cl2NO. The van der Waals surface area contributed by atoms with Crippen molar-refractivity contribution >= 4 is 40.5 Å². The highest BCUT2D eigenvalue weighted by Gasteiger charge is 2.47. The molecule has 0 fully saturated rings. The van der Waals surface area contributed by atoms with Crippen molar-refractivity contribution in [3.8, 4) is 0 Å². The second kappa shape index (κ2) is 4.80. The maximum Gasteiger partial charge on any atom is 0.243 e. The van der Waals surface area contributed by atoms with E-state index >= 15 is 0 Å². The fourth-order valence-corrected chi connectivity index (χ4v) is 3.01. The first-order chi connectivity index (χ1) is 9.58. The van der Waals surface area contributed by atoms with Crippen molar-refractivity contribution in [3.63, 3.8) is 0 Å². The second-order valence-electron chi connectivity index (χ2n) is 5.10.